The summed E-state index contributed by atoms with van der Waals surface area (Å²) < 4.78 is 12.5. The van der Waals surface area contributed by atoms with Gasteiger partial charge in [0.25, 0.3) is 11.5 Å². The maximum Gasteiger partial charge on any atom is 0.266 e. The smallest absolute Gasteiger partial charge is 0.266 e. The van der Waals surface area contributed by atoms with Crippen molar-refractivity contribution in [2.75, 3.05) is 19.5 Å². The lowest BCUT2D eigenvalue weighted by Gasteiger charge is -2.13. The molecule has 0 radical (unpaired) electrons. The van der Waals surface area contributed by atoms with Gasteiger partial charge in [0.15, 0.2) is 16.7 Å². The van der Waals surface area contributed by atoms with Crippen molar-refractivity contribution in [3.05, 3.63) is 81.1 Å². The Balaban J connectivity index is 1.54. The molecule has 1 amide bonds. The molecule has 0 atom stereocenters. The highest BCUT2D eigenvalue weighted by atomic mass is 79.9. The number of phenolic OH excluding ortho intramolecular Hbond substituents is 1. The van der Waals surface area contributed by atoms with Gasteiger partial charge < -0.3 is 14.6 Å². The van der Waals surface area contributed by atoms with Crippen LogP contribution in [0.5, 0.6) is 17.2 Å². The fourth-order valence-corrected chi connectivity index (χ4v) is 4.72. The number of carbonyl (C=O) groups is 1. The Morgan fingerprint density at radius 1 is 1.22 bits per heavy atom. The highest BCUT2D eigenvalue weighted by Crippen LogP contribution is 2.34. The molecule has 1 aromatic heterocycles. The number of para-hydroxylation sites is 1. The van der Waals surface area contributed by atoms with Crippen molar-refractivity contribution in [2.45, 2.75) is 12.1 Å². The Kier molecular flexibility index (Phi) is 8.47. The van der Waals surface area contributed by atoms with Gasteiger partial charge >= 0.3 is 0 Å². The van der Waals surface area contributed by atoms with Gasteiger partial charge in [0.05, 0.1) is 46.7 Å². The number of aromatic nitrogens is 2. The fraction of sp³-hybridized carbons (Fsp3) is 0.154. The molecular weight excluding hydrogens is 560 g/mol. The summed E-state index contributed by atoms with van der Waals surface area (Å²) in [5, 5.41) is 14.7. The van der Waals surface area contributed by atoms with Gasteiger partial charge in [0.1, 0.15) is 5.75 Å². The molecule has 4 rings (SSSR count). The molecule has 37 heavy (non-hydrogen) atoms. The van der Waals surface area contributed by atoms with Crippen LogP contribution in [-0.4, -0.2) is 46.2 Å². The maximum atomic E-state index is 13.4. The molecule has 0 aliphatic heterocycles. The van der Waals surface area contributed by atoms with E-state index in [1.54, 1.807) is 54.6 Å². The Morgan fingerprint density at radius 2 is 1.97 bits per heavy atom. The standard InChI is InChI=1S/C26H23BrN4O5S/c1-3-36-18-10-8-17(9-11-18)31-25(34)19-6-4-5-7-21(19)29-26(31)37-15-23(32)30-28-14-16-12-20(27)24(33)22(13-16)35-2/h4-14,33H,3,15H2,1-2H3,(H,30,32)/b28-14+. The van der Waals surface area contributed by atoms with Crippen LogP contribution < -0.4 is 20.5 Å². The Hall–Kier alpha value is -3.83. The number of carbonyl (C=O) groups excluding carboxylic acids is 1. The van der Waals surface area contributed by atoms with E-state index < -0.39 is 0 Å². The minimum Gasteiger partial charge on any atom is -0.503 e. The number of methoxy groups -OCH3 is 1. The predicted molar refractivity (Wildman–Crippen MR) is 147 cm³/mol. The van der Waals surface area contributed by atoms with Crippen LogP contribution in [0.1, 0.15) is 12.5 Å². The van der Waals surface area contributed by atoms with E-state index in [2.05, 4.69) is 31.4 Å². The lowest BCUT2D eigenvalue weighted by Crippen LogP contribution is -2.24. The summed E-state index contributed by atoms with van der Waals surface area (Å²) in [4.78, 5) is 30.5. The molecule has 2 N–H and O–H groups in total. The predicted octanol–water partition coefficient (Wildman–Crippen LogP) is 4.50. The van der Waals surface area contributed by atoms with Gasteiger partial charge in [-0.15, -0.1) is 0 Å². The van der Waals surface area contributed by atoms with Gasteiger partial charge in [0, 0.05) is 0 Å². The number of hydrazone groups is 1. The Morgan fingerprint density at radius 3 is 2.70 bits per heavy atom. The summed E-state index contributed by atoms with van der Waals surface area (Å²) in [6.07, 6.45) is 1.43. The third-order valence-electron chi connectivity index (χ3n) is 5.16. The van der Waals surface area contributed by atoms with Gasteiger partial charge in [-0.25, -0.2) is 10.4 Å². The van der Waals surface area contributed by atoms with Crippen molar-refractivity contribution in [1.29, 1.82) is 0 Å². The second kappa shape index (κ2) is 11.9. The van der Waals surface area contributed by atoms with Crippen LogP contribution in [0.3, 0.4) is 0 Å². The van der Waals surface area contributed by atoms with Gasteiger partial charge in [0.2, 0.25) is 0 Å². The first-order valence-corrected chi connectivity index (χ1v) is 12.9. The average molecular weight is 583 g/mol. The Bertz CT molecular complexity index is 1520. The zero-order valence-corrected chi connectivity index (χ0v) is 22.4. The molecule has 0 fully saturated rings. The number of nitrogens with one attached hydrogen (secondary N) is 1. The average Bonchev–Trinajstić information content (AvgIpc) is 2.90. The lowest BCUT2D eigenvalue weighted by atomic mass is 10.2. The van der Waals surface area contributed by atoms with Crippen molar-refractivity contribution >= 4 is 50.7 Å². The minimum atomic E-state index is -0.383. The number of thioether (sulfide) groups is 1. The zero-order valence-electron chi connectivity index (χ0n) is 20.0. The second-order valence-corrected chi connectivity index (χ2v) is 9.41. The number of rotatable bonds is 9. The van der Waals surface area contributed by atoms with Crippen molar-refractivity contribution in [3.8, 4) is 22.9 Å². The number of hydrogen-bond acceptors (Lipinski definition) is 8. The molecule has 190 valence electrons. The van der Waals surface area contributed by atoms with E-state index in [9.17, 15) is 14.7 Å². The summed E-state index contributed by atoms with van der Waals surface area (Å²) in [6.45, 7) is 2.43. The van der Waals surface area contributed by atoms with E-state index in [1.165, 1.54) is 17.9 Å². The Labute approximate surface area is 225 Å². The van der Waals surface area contributed by atoms with Gasteiger partial charge in [-0.3, -0.25) is 14.2 Å². The maximum absolute atomic E-state index is 13.4. The van der Waals surface area contributed by atoms with E-state index in [1.807, 2.05) is 13.0 Å². The minimum absolute atomic E-state index is 0.0260. The second-order valence-electron chi connectivity index (χ2n) is 7.61. The van der Waals surface area contributed by atoms with Crippen LogP contribution in [0.25, 0.3) is 16.6 Å². The number of phenols is 1. The SMILES string of the molecule is CCOc1ccc(-n2c(SCC(=O)N/N=C/c3cc(Br)c(O)c(OC)c3)nc3ccccc3c2=O)cc1. The van der Waals surface area contributed by atoms with E-state index in [4.69, 9.17) is 9.47 Å². The van der Waals surface area contributed by atoms with Crippen molar-refractivity contribution < 1.29 is 19.4 Å². The largest absolute Gasteiger partial charge is 0.503 e. The highest BCUT2D eigenvalue weighted by Gasteiger charge is 2.15. The van der Waals surface area contributed by atoms with Gasteiger partial charge in [-0.1, -0.05) is 23.9 Å². The summed E-state index contributed by atoms with van der Waals surface area (Å²) in [7, 11) is 1.44. The molecule has 0 spiro atoms. The number of amides is 1. The fourth-order valence-electron chi connectivity index (χ4n) is 3.46. The molecule has 11 heteroatoms. The molecule has 0 saturated heterocycles. The number of aromatic hydroxyl groups is 1. The number of benzene rings is 3. The molecule has 3 aromatic carbocycles. The number of nitrogens with zero attached hydrogens (tertiary/aromatic N) is 3. The topological polar surface area (TPSA) is 115 Å². The zero-order chi connectivity index (χ0) is 26.4. The summed E-state index contributed by atoms with van der Waals surface area (Å²) in [5.41, 5.74) is 3.99. The van der Waals surface area contributed by atoms with Gasteiger partial charge in [-0.2, -0.15) is 5.10 Å². The molecule has 0 unspecified atom stereocenters. The summed E-state index contributed by atoms with van der Waals surface area (Å²) in [6, 6.07) is 17.4. The van der Waals surface area contributed by atoms with Crippen LogP contribution in [0, 0.1) is 0 Å². The summed E-state index contributed by atoms with van der Waals surface area (Å²) in [5.74, 6) is 0.528. The van der Waals surface area contributed by atoms with Gasteiger partial charge in [-0.05, 0) is 76.9 Å². The highest BCUT2D eigenvalue weighted by molar-refractivity contribution is 9.10. The molecule has 4 aromatic rings. The number of ether oxygens (including phenoxy) is 2. The molecule has 0 bridgehead atoms. The van der Waals surface area contributed by atoms with E-state index in [0.717, 1.165) is 11.8 Å². The quantitative estimate of drug-likeness (QED) is 0.129. The van der Waals surface area contributed by atoms with Crippen LogP contribution in [-0.2, 0) is 4.79 Å². The molecule has 0 aliphatic rings. The molecule has 1 heterocycles. The molecule has 9 nitrogen and oxygen atoms in total. The van der Waals surface area contributed by atoms with Crippen LogP contribution in [0.2, 0.25) is 0 Å². The van der Waals surface area contributed by atoms with Crippen LogP contribution >= 0.6 is 27.7 Å². The summed E-state index contributed by atoms with van der Waals surface area (Å²) >= 11 is 4.37. The first kappa shape index (κ1) is 26.2. The normalized spacial score (nSPS) is 11.1. The molecular formula is C26H23BrN4O5S. The number of halogens is 1. The van der Waals surface area contributed by atoms with Crippen LogP contribution in [0.15, 0.2) is 80.2 Å². The molecule has 0 saturated carbocycles. The number of hydrogen-bond donors (Lipinski definition) is 2. The van der Waals surface area contributed by atoms with Crippen molar-refractivity contribution in [3.63, 3.8) is 0 Å². The number of fused-ring (bicyclic) bond motifs is 1. The third-order valence-corrected chi connectivity index (χ3v) is 6.70. The van der Waals surface area contributed by atoms with Crippen LogP contribution in [0.4, 0.5) is 0 Å². The van der Waals surface area contributed by atoms with Crippen molar-refractivity contribution in [2.24, 2.45) is 5.10 Å². The first-order valence-electron chi connectivity index (χ1n) is 11.2. The third kappa shape index (κ3) is 6.12. The first-order chi connectivity index (χ1) is 17.9. The lowest BCUT2D eigenvalue weighted by molar-refractivity contribution is -0.118. The van der Waals surface area contributed by atoms with E-state index >= 15 is 0 Å². The monoisotopic (exact) mass is 582 g/mol. The molecule has 0 aliphatic carbocycles. The van der Waals surface area contributed by atoms with E-state index in [-0.39, 0.29) is 28.7 Å². The van der Waals surface area contributed by atoms with E-state index in [0.29, 0.717) is 44.1 Å². The van der Waals surface area contributed by atoms with Crippen molar-refractivity contribution in [1.82, 2.24) is 15.0 Å².